The fraction of sp³-hybridized carbons (Fsp3) is 0.786. The molecule has 2 aliphatic rings. The molecule has 2 rings (SSSR count). The van der Waals surface area contributed by atoms with Crippen LogP contribution in [0.25, 0.3) is 0 Å². The summed E-state index contributed by atoms with van der Waals surface area (Å²) in [6.45, 7) is 3.18. The molecule has 0 unspecified atom stereocenters. The fourth-order valence-corrected chi connectivity index (χ4v) is 3.49. The van der Waals surface area contributed by atoms with E-state index in [1.54, 1.807) is 6.92 Å². The highest BCUT2D eigenvalue weighted by molar-refractivity contribution is 5.91. The predicted octanol–water partition coefficient (Wildman–Crippen LogP) is -0.916. The Balaban J connectivity index is 2.43. The van der Waals surface area contributed by atoms with Crippen molar-refractivity contribution in [1.82, 2.24) is 9.80 Å². The summed E-state index contributed by atoms with van der Waals surface area (Å²) in [6.07, 6.45) is -0.369. The Labute approximate surface area is 129 Å². The maximum Gasteiger partial charge on any atom is 0.324 e. The molecule has 8 nitrogen and oxygen atoms in total. The summed E-state index contributed by atoms with van der Waals surface area (Å²) in [4.78, 5) is 40.6. The van der Waals surface area contributed by atoms with Gasteiger partial charge in [-0.15, -0.1) is 0 Å². The zero-order valence-corrected chi connectivity index (χ0v) is 13.3. The highest BCUT2D eigenvalue weighted by Gasteiger charge is 2.62. The fourth-order valence-electron chi connectivity index (χ4n) is 3.49. The van der Waals surface area contributed by atoms with Gasteiger partial charge in [0.2, 0.25) is 0 Å². The van der Waals surface area contributed by atoms with E-state index in [4.69, 9.17) is 14.2 Å². The van der Waals surface area contributed by atoms with Crippen molar-refractivity contribution in [2.24, 2.45) is 11.8 Å². The molecule has 0 amide bonds. The maximum absolute atomic E-state index is 12.3. The molecule has 124 valence electrons. The van der Waals surface area contributed by atoms with Gasteiger partial charge in [-0.1, -0.05) is 0 Å². The normalized spacial score (nSPS) is 31.6. The van der Waals surface area contributed by atoms with Gasteiger partial charge in [0.05, 0.1) is 32.9 Å². The van der Waals surface area contributed by atoms with Crippen LogP contribution in [0.4, 0.5) is 0 Å². The quantitative estimate of drug-likeness (QED) is 0.487. The van der Waals surface area contributed by atoms with E-state index in [-0.39, 0.29) is 12.8 Å². The molecule has 22 heavy (non-hydrogen) atoms. The highest BCUT2D eigenvalue weighted by Crippen LogP contribution is 2.41. The van der Waals surface area contributed by atoms with Crippen molar-refractivity contribution >= 4 is 17.9 Å². The highest BCUT2D eigenvalue weighted by atomic mass is 16.5. The number of rotatable bonds is 4. The summed E-state index contributed by atoms with van der Waals surface area (Å²) >= 11 is 0. The molecule has 2 heterocycles. The second kappa shape index (κ2) is 6.62. The average Bonchev–Trinajstić information content (AvgIpc) is 3.04. The minimum atomic E-state index is -0.927. The number of likely N-dealkylation sites (N-methyl/N-ethyl adjacent to an activating group) is 1. The smallest absolute Gasteiger partial charge is 0.324 e. The molecule has 0 bridgehead atoms. The van der Waals surface area contributed by atoms with Gasteiger partial charge in [0.25, 0.3) is 0 Å². The monoisotopic (exact) mass is 314 g/mol. The van der Waals surface area contributed by atoms with Crippen LogP contribution in [0.1, 0.15) is 6.92 Å². The van der Waals surface area contributed by atoms with E-state index in [1.165, 1.54) is 14.2 Å². The van der Waals surface area contributed by atoms with Crippen molar-refractivity contribution in [3.05, 3.63) is 0 Å². The topological polar surface area (TPSA) is 85.4 Å². The molecule has 0 aromatic heterocycles. The minimum absolute atomic E-state index is 0.209. The summed E-state index contributed by atoms with van der Waals surface area (Å²) in [7, 11) is 4.36. The van der Waals surface area contributed by atoms with Crippen molar-refractivity contribution < 1.29 is 28.6 Å². The van der Waals surface area contributed by atoms with E-state index in [1.807, 2.05) is 16.8 Å². The molecule has 0 aliphatic carbocycles. The third kappa shape index (κ3) is 2.56. The molecule has 8 heteroatoms. The van der Waals surface area contributed by atoms with Crippen LogP contribution >= 0.6 is 0 Å². The average molecular weight is 314 g/mol. The Morgan fingerprint density at radius 2 is 1.59 bits per heavy atom. The molecule has 2 saturated heterocycles. The van der Waals surface area contributed by atoms with Crippen LogP contribution < -0.4 is 0 Å². The first-order chi connectivity index (χ1) is 10.5. The predicted molar refractivity (Wildman–Crippen MR) is 74.6 cm³/mol. The van der Waals surface area contributed by atoms with Gasteiger partial charge < -0.3 is 14.2 Å². The van der Waals surface area contributed by atoms with Crippen LogP contribution in [0.3, 0.4) is 0 Å². The van der Waals surface area contributed by atoms with Crippen molar-refractivity contribution in [2.45, 2.75) is 19.1 Å². The summed E-state index contributed by atoms with van der Waals surface area (Å²) in [5.41, 5.74) is 0. The Morgan fingerprint density at radius 3 is 2.14 bits per heavy atom. The molecular weight excluding hydrogens is 292 g/mol. The Kier molecular flexibility index (Phi) is 5.02. The summed E-state index contributed by atoms with van der Waals surface area (Å²) in [5.74, 6) is -3.34. The van der Waals surface area contributed by atoms with Crippen LogP contribution in [0.5, 0.6) is 0 Å². The van der Waals surface area contributed by atoms with Gasteiger partial charge in [-0.2, -0.15) is 0 Å². The molecule has 0 aromatic rings. The van der Waals surface area contributed by atoms with Crippen molar-refractivity contribution in [3.63, 3.8) is 0 Å². The molecule has 0 N–H and O–H groups in total. The second-order valence-electron chi connectivity index (χ2n) is 5.43. The number of nitrogens with zero attached hydrogens (tertiary/aromatic N) is 2. The molecule has 0 radical (unpaired) electrons. The summed E-state index contributed by atoms with van der Waals surface area (Å²) in [5, 5.41) is 0. The van der Waals surface area contributed by atoms with Crippen LogP contribution in [0, 0.1) is 11.8 Å². The number of hydrogen-bond donors (Lipinski definition) is 0. The number of hydrogen-bond acceptors (Lipinski definition) is 8. The molecule has 2 fully saturated rings. The molecule has 0 saturated carbocycles. The van der Waals surface area contributed by atoms with Gasteiger partial charge in [-0.3, -0.25) is 24.2 Å². The number of esters is 3. The maximum atomic E-state index is 12.3. The van der Waals surface area contributed by atoms with Gasteiger partial charge in [-0.05, 0) is 14.0 Å². The molecular formula is C14H22N2O6. The van der Waals surface area contributed by atoms with E-state index in [0.717, 1.165) is 0 Å². The van der Waals surface area contributed by atoms with E-state index >= 15 is 0 Å². The first-order valence-electron chi connectivity index (χ1n) is 7.26. The molecule has 0 spiro atoms. The second-order valence-corrected chi connectivity index (χ2v) is 5.43. The third-order valence-corrected chi connectivity index (χ3v) is 4.38. The zero-order chi connectivity index (χ0) is 16.4. The zero-order valence-electron chi connectivity index (χ0n) is 13.3. The lowest BCUT2D eigenvalue weighted by Crippen LogP contribution is -2.44. The van der Waals surface area contributed by atoms with Gasteiger partial charge >= 0.3 is 17.9 Å². The van der Waals surface area contributed by atoms with Crippen LogP contribution in [-0.4, -0.2) is 80.9 Å². The summed E-state index contributed by atoms with van der Waals surface area (Å²) < 4.78 is 14.8. The minimum Gasteiger partial charge on any atom is -0.469 e. The first-order valence-corrected chi connectivity index (χ1v) is 7.26. The molecule has 0 aromatic carbocycles. The van der Waals surface area contributed by atoms with Crippen molar-refractivity contribution in [3.8, 4) is 0 Å². The van der Waals surface area contributed by atoms with Crippen LogP contribution in [0.2, 0.25) is 0 Å². The Morgan fingerprint density at radius 1 is 1.00 bits per heavy atom. The molecule has 4 atom stereocenters. The van der Waals surface area contributed by atoms with Gasteiger partial charge in [0.1, 0.15) is 12.0 Å². The van der Waals surface area contributed by atoms with Crippen molar-refractivity contribution in [1.29, 1.82) is 0 Å². The van der Waals surface area contributed by atoms with Crippen molar-refractivity contribution in [2.75, 3.05) is 41.0 Å². The largest absolute Gasteiger partial charge is 0.469 e. The lowest BCUT2D eigenvalue weighted by atomic mass is 9.88. The first kappa shape index (κ1) is 16.7. The third-order valence-electron chi connectivity index (χ3n) is 4.38. The van der Waals surface area contributed by atoms with E-state index in [0.29, 0.717) is 13.1 Å². The number of methoxy groups -OCH3 is 2. The van der Waals surface area contributed by atoms with Crippen LogP contribution in [-0.2, 0) is 28.6 Å². The number of carbonyl (C=O) groups excluding carboxylic acids is 3. The van der Waals surface area contributed by atoms with Crippen LogP contribution in [0.15, 0.2) is 0 Å². The van der Waals surface area contributed by atoms with Gasteiger partial charge in [0, 0.05) is 13.1 Å². The SMILES string of the molecule is CCOC(=O)[C@@H]1[C@@H](C(=O)OC)[C@H](C(=O)OC)[C@H]2N(C)CCN12. The number of fused-ring (bicyclic) bond motifs is 1. The molecule has 2 aliphatic heterocycles. The van der Waals surface area contributed by atoms with E-state index in [2.05, 4.69) is 0 Å². The number of ether oxygens (including phenoxy) is 3. The standard InChI is InChI=1S/C14H22N2O6/c1-5-22-14(19)10-8(12(17)20-3)9(13(18)21-4)11-15(2)6-7-16(10)11/h8-11H,5-7H2,1-4H3/t8-,9-,10-,11-/m0/s1. The van der Waals surface area contributed by atoms with Gasteiger partial charge in [0.15, 0.2) is 0 Å². The van der Waals surface area contributed by atoms with E-state index < -0.39 is 35.8 Å². The lowest BCUT2D eigenvalue weighted by Gasteiger charge is -2.25. The number of carbonyl (C=O) groups is 3. The van der Waals surface area contributed by atoms with Gasteiger partial charge in [-0.25, -0.2) is 0 Å². The lowest BCUT2D eigenvalue weighted by molar-refractivity contribution is -0.161. The Hall–Kier alpha value is -1.67. The summed E-state index contributed by atoms with van der Waals surface area (Å²) in [6, 6.07) is -0.827. The Bertz CT molecular complexity index is 468. The van der Waals surface area contributed by atoms with E-state index in [9.17, 15) is 14.4 Å².